The predicted octanol–water partition coefficient (Wildman–Crippen LogP) is 1.62. The Bertz CT molecular complexity index is 235. The highest BCUT2D eigenvalue weighted by molar-refractivity contribution is 5.86. The third kappa shape index (κ3) is 1.74. The van der Waals surface area contributed by atoms with Crippen molar-refractivity contribution < 1.29 is 4.79 Å². The zero-order valence-electron chi connectivity index (χ0n) is 6.03. The van der Waals surface area contributed by atoms with Crippen molar-refractivity contribution in [2.24, 2.45) is 0 Å². The molecule has 0 aliphatic carbocycles. The van der Waals surface area contributed by atoms with E-state index in [1.165, 1.54) is 0 Å². The molecule has 1 aromatic carbocycles. The topological polar surface area (TPSA) is 40.9 Å². The van der Waals surface area contributed by atoms with Crippen LogP contribution in [0.15, 0.2) is 30.3 Å². The highest BCUT2D eigenvalue weighted by Gasteiger charge is 2.03. The largest absolute Gasteiger partial charge is 0.312 e. The molecule has 0 aromatic heterocycles. The molecule has 0 saturated carbocycles. The minimum Gasteiger partial charge on any atom is -0.312 e. The molecule has 1 aromatic rings. The summed E-state index contributed by atoms with van der Waals surface area (Å²) in [7, 11) is 0. The lowest BCUT2D eigenvalue weighted by Crippen LogP contribution is -1.99. The lowest BCUT2D eigenvalue weighted by Gasteiger charge is -2.01. The summed E-state index contributed by atoms with van der Waals surface area (Å²) in [5.74, 6) is -0.379. The van der Waals surface area contributed by atoms with E-state index in [9.17, 15) is 4.79 Å². The summed E-state index contributed by atoms with van der Waals surface area (Å²) < 4.78 is 0. The van der Waals surface area contributed by atoms with E-state index in [0.29, 0.717) is 0 Å². The number of carbonyl (C=O) groups is 1. The van der Waals surface area contributed by atoms with Crippen molar-refractivity contribution in [1.29, 1.82) is 5.41 Å². The van der Waals surface area contributed by atoms with Crippen LogP contribution in [0.25, 0.3) is 0 Å². The molecule has 0 saturated heterocycles. The first kappa shape index (κ1) is 7.66. The normalized spacial score (nSPS) is 12.0. The monoisotopic (exact) mass is 147 g/mol. The summed E-state index contributed by atoms with van der Waals surface area (Å²) in [6.07, 6.45) is 1.91. The summed E-state index contributed by atoms with van der Waals surface area (Å²) >= 11 is 0. The van der Waals surface area contributed by atoms with Crippen LogP contribution in [-0.2, 0) is 4.79 Å². The van der Waals surface area contributed by atoms with Gasteiger partial charge in [-0.1, -0.05) is 30.3 Å². The van der Waals surface area contributed by atoms with Gasteiger partial charge in [0.2, 0.25) is 0 Å². The number of benzene rings is 1. The fourth-order valence-electron chi connectivity index (χ4n) is 0.889. The molecule has 1 N–H and O–H groups in total. The molecule has 11 heavy (non-hydrogen) atoms. The van der Waals surface area contributed by atoms with Gasteiger partial charge < -0.3 is 10.2 Å². The second-order valence-corrected chi connectivity index (χ2v) is 2.24. The second-order valence-electron chi connectivity index (χ2n) is 2.24. The van der Waals surface area contributed by atoms with Crippen molar-refractivity contribution in [3.05, 3.63) is 35.9 Å². The fraction of sp³-hybridized carbons (Fsp3) is 0.111. The summed E-state index contributed by atoms with van der Waals surface area (Å²) in [6, 6.07) is 9.27. The first-order chi connectivity index (χ1) is 5.38. The van der Waals surface area contributed by atoms with Crippen molar-refractivity contribution in [2.75, 3.05) is 0 Å². The molecule has 1 atom stereocenters. The van der Waals surface area contributed by atoms with Crippen LogP contribution in [0.3, 0.4) is 0 Å². The molecule has 0 fully saturated rings. The molecule has 2 nitrogen and oxygen atoms in total. The quantitative estimate of drug-likeness (QED) is 0.512. The third-order valence-electron chi connectivity index (χ3n) is 1.51. The van der Waals surface area contributed by atoms with Crippen LogP contribution in [0.1, 0.15) is 11.5 Å². The zero-order chi connectivity index (χ0) is 8.10. The van der Waals surface area contributed by atoms with Crippen LogP contribution in [0.5, 0.6) is 0 Å². The fourth-order valence-corrected chi connectivity index (χ4v) is 0.889. The molecule has 0 heterocycles. The van der Waals surface area contributed by atoms with Crippen molar-refractivity contribution in [1.82, 2.24) is 0 Å². The number of rotatable bonds is 3. The Kier molecular flexibility index (Phi) is 2.55. The Morgan fingerprint density at radius 1 is 1.27 bits per heavy atom. The number of hydrogen-bond acceptors (Lipinski definition) is 2. The number of aldehydes is 1. The van der Waals surface area contributed by atoms with Gasteiger partial charge in [-0.25, -0.2) is 0 Å². The Morgan fingerprint density at radius 3 is 2.36 bits per heavy atom. The van der Waals surface area contributed by atoms with E-state index < -0.39 is 0 Å². The van der Waals surface area contributed by atoms with Gasteiger partial charge in [0.05, 0.1) is 5.92 Å². The van der Waals surface area contributed by atoms with Crippen LogP contribution in [0.4, 0.5) is 0 Å². The van der Waals surface area contributed by atoms with Crippen LogP contribution >= 0.6 is 0 Å². The maximum atomic E-state index is 10.4. The van der Waals surface area contributed by atoms with E-state index >= 15 is 0 Å². The molecule has 0 aliphatic rings. The van der Waals surface area contributed by atoms with Gasteiger partial charge in [0.25, 0.3) is 0 Å². The van der Waals surface area contributed by atoms with E-state index in [-0.39, 0.29) is 5.92 Å². The summed E-state index contributed by atoms with van der Waals surface area (Å²) in [6.45, 7) is 0. The maximum absolute atomic E-state index is 10.4. The molecule has 1 unspecified atom stereocenters. The lowest BCUT2D eigenvalue weighted by molar-refractivity contribution is -0.107. The predicted molar refractivity (Wildman–Crippen MR) is 44.0 cm³/mol. The van der Waals surface area contributed by atoms with Crippen molar-refractivity contribution in [2.45, 2.75) is 5.92 Å². The minimum absolute atomic E-state index is 0.379. The Balaban J connectivity index is 2.90. The minimum atomic E-state index is -0.379. The van der Waals surface area contributed by atoms with Gasteiger partial charge in [0, 0.05) is 6.21 Å². The first-order valence-corrected chi connectivity index (χ1v) is 3.39. The van der Waals surface area contributed by atoms with Gasteiger partial charge in [-0.05, 0) is 5.56 Å². The molecule has 0 amide bonds. The Labute approximate surface area is 65.4 Å². The molecule has 0 bridgehead atoms. The molecule has 2 heteroatoms. The smallest absolute Gasteiger partial charge is 0.132 e. The van der Waals surface area contributed by atoms with Crippen molar-refractivity contribution >= 4 is 12.5 Å². The Morgan fingerprint density at radius 2 is 1.91 bits per heavy atom. The van der Waals surface area contributed by atoms with Gasteiger partial charge >= 0.3 is 0 Å². The van der Waals surface area contributed by atoms with Crippen LogP contribution in [0.2, 0.25) is 0 Å². The van der Waals surface area contributed by atoms with Crippen LogP contribution in [0, 0.1) is 5.41 Å². The van der Waals surface area contributed by atoms with Gasteiger partial charge in [0.1, 0.15) is 6.29 Å². The van der Waals surface area contributed by atoms with Crippen LogP contribution < -0.4 is 0 Å². The van der Waals surface area contributed by atoms with E-state index in [0.717, 1.165) is 18.1 Å². The molecule has 1 rings (SSSR count). The average molecular weight is 147 g/mol. The van der Waals surface area contributed by atoms with E-state index in [2.05, 4.69) is 0 Å². The third-order valence-corrected chi connectivity index (χ3v) is 1.51. The molecule has 0 spiro atoms. The summed E-state index contributed by atoms with van der Waals surface area (Å²) in [4.78, 5) is 10.4. The maximum Gasteiger partial charge on any atom is 0.132 e. The highest BCUT2D eigenvalue weighted by atomic mass is 16.1. The summed E-state index contributed by atoms with van der Waals surface area (Å²) in [5, 5.41) is 6.94. The first-order valence-electron chi connectivity index (χ1n) is 3.39. The van der Waals surface area contributed by atoms with E-state index in [1.54, 1.807) is 0 Å². The van der Waals surface area contributed by atoms with Crippen molar-refractivity contribution in [3.63, 3.8) is 0 Å². The highest BCUT2D eigenvalue weighted by Crippen LogP contribution is 2.09. The molecule has 0 aliphatic heterocycles. The number of carbonyl (C=O) groups excluding carboxylic acids is 1. The number of nitrogens with one attached hydrogen (secondary N) is 1. The Hall–Kier alpha value is -1.44. The van der Waals surface area contributed by atoms with Crippen molar-refractivity contribution in [3.8, 4) is 0 Å². The molecular weight excluding hydrogens is 138 g/mol. The lowest BCUT2D eigenvalue weighted by atomic mass is 10.0. The van der Waals surface area contributed by atoms with Gasteiger partial charge in [-0.2, -0.15) is 0 Å². The second kappa shape index (κ2) is 3.66. The average Bonchev–Trinajstić information content (AvgIpc) is 2.09. The molecular formula is C9H9NO. The van der Waals surface area contributed by atoms with E-state index in [1.807, 2.05) is 30.3 Å². The van der Waals surface area contributed by atoms with Gasteiger partial charge in [0.15, 0.2) is 0 Å². The van der Waals surface area contributed by atoms with E-state index in [4.69, 9.17) is 5.41 Å². The standard InChI is InChI=1S/C9H9NO/c10-6-9(7-11)8-4-2-1-3-5-8/h1-7,9-10H. The molecule has 56 valence electrons. The molecule has 0 radical (unpaired) electrons. The van der Waals surface area contributed by atoms with Crippen LogP contribution in [-0.4, -0.2) is 12.5 Å². The van der Waals surface area contributed by atoms with Gasteiger partial charge in [-0.3, -0.25) is 0 Å². The number of hydrogen-bond donors (Lipinski definition) is 1. The summed E-state index contributed by atoms with van der Waals surface area (Å²) in [5.41, 5.74) is 0.873. The zero-order valence-corrected chi connectivity index (χ0v) is 6.03. The SMILES string of the molecule is N=CC(C=O)c1ccccc1. The van der Waals surface area contributed by atoms with Gasteiger partial charge in [-0.15, -0.1) is 0 Å².